The molecular formula is C16H26ClN3O. The van der Waals surface area contributed by atoms with Crippen molar-refractivity contribution in [2.75, 3.05) is 25.0 Å². The van der Waals surface area contributed by atoms with Gasteiger partial charge in [-0.1, -0.05) is 24.6 Å². The number of hydrogen-bond donors (Lipinski definition) is 2. The Morgan fingerprint density at radius 1 is 1.38 bits per heavy atom. The summed E-state index contributed by atoms with van der Waals surface area (Å²) in [4.78, 5) is 14.5. The number of amides is 1. The van der Waals surface area contributed by atoms with Crippen molar-refractivity contribution >= 4 is 24.0 Å². The number of nitrogens with two attached hydrogens (primary N) is 1. The van der Waals surface area contributed by atoms with Gasteiger partial charge >= 0.3 is 0 Å². The summed E-state index contributed by atoms with van der Waals surface area (Å²) in [5.41, 5.74) is 7.67. The van der Waals surface area contributed by atoms with Gasteiger partial charge in [-0.05, 0) is 50.9 Å². The van der Waals surface area contributed by atoms with Crippen molar-refractivity contribution in [3.05, 3.63) is 29.8 Å². The molecule has 21 heavy (non-hydrogen) atoms. The van der Waals surface area contributed by atoms with Gasteiger partial charge in [0.15, 0.2) is 0 Å². The Balaban J connectivity index is 0.00000220. The van der Waals surface area contributed by atoms with Gasteiger partial charge in [0, 0.05) is 11.7 Å². The van der Waals surface area contributed by atoms with Crippen LogP contribution in [0.4, 0.5) is 5.69 Å². The molecule has 2 rings (SSSR count). The van der Waals surface area contributed by atoms with E-state index < -0.39 is 0 Å². The molecule has 0 bridgehead atoms. The molecule has 1 aliphatic heterocycles. The SMILES string of the molecule is Cc1ccccc1NC(=O)CN1CCCCC1CCN.Cl. The van der Waals surface area contributed by atoms with Crippen LogP contribution in [0.5, 0.6) is 0 Å². The summed E-state index contributed by atoms with van der Waals surface area (Å²) in [6.45, 7) is 4.18. The number of aryl methyl sites for hydroxylation is 1. The minimum Gasteiger partial charge on any atom is -0.330 e. The van der Waals surface area contributed by atoms with Crippen LogP contribution in [0, 0.1) is 6.92 Å². The third-order valence-electron chi connectivity index (χ3n) is 4.01. The number of carbonyl (C=O) groups excluding carboxylic acids is 1. The van der Waals surface area contributed by atoms with Crippen molar-refractivity contribution in [1.29, 1.82) is 0 Å². The highest BCUT2D eigenvalue weighted by atomic mass is 35.5. The lowest BCUT2D eigenvalue weighted by Crippen LogP contribution is -2.44. The second kappa shape index (κ2) is 9.03. The summed E-state index contributed by atoms with van der Waals surface area (Å²) in [5, 5.41) is 3.01. The van der Waals surface area contributed by atoms with E-state index in [2.05, 4.69) is 10.2 Å². The molecule has 1 saturated heterocycles. The molecule has 0 radical (unpaired) electrons. The number of carbonyl (C=O) groups is 1. The number of halogens is 1. The fraction of sp³-hybridized carbons (Fsp3) is 0.562. The molecule has 1 aromatic rings. The zero-order valence-electron chi connectivity index (χ0n) is 12.7. The molecule has 4 nitrogen and oxygen atoms in total. The Labute approximate surface area is 133 Å². The molecule has 1 amide bonds. The van der Waals surface area contributed by atoms with Gasteiger partial charge < -0.3 is 11.1 Å². The van der Waals surface area contributed by atoms with Crippen molar-refractivity contribution in [1.82, 2.24) is 4.90 Å². The summed E-state index contributed by atoms with van der Waals surface area (Å²) in [6.07, 6.45) is 4.58. The van der Waals surface area contributed by atoms with Crippen LogP contribution in [-0.2, 0) is 4.79 Å². The van der Waals surface area contributed by atoms with Crippen molar-refractivity contribution in [3.8, 4) is 0 Å². The van der Waals surface area contributed by atoms with E-state index in [4.69, 9.17) is 5.73 Å². The van der Waals surface area contributed by atoms with Gasteiger partial charge in [0.05, 0.1) is 6.54 Å². The van der Waals surface area contributed by atoms with E-state index in [1.807, 2.05) is 31.2 Å². The largest absolute Gasteiger partial charge is 0.330 e. The van der Waals surface area contributed by atoms with Crippen LogP contribution < -0.4 is 11.1 Å². The Bertz CT molecular complexity index is 451. The Kier molecular flexibility index (Phi) is 7.72. The van der Waals surface area contributed by atoms with Crippen LogP contribution in [0.2, 0.25) is 0 Å². The minimum atomic E-state index is 0. The number of para-hydroxylation sites is 1. The topological polar surface area (TPSA) is 58.4 Å². The highest BCUT2D eigenvalue weighted by molar-refractivity contribution is 5.92. The maximum atomic E-state index is 12.2. The van der Waals surface area contributed by atoms with E-state index in [-0.39, 0.29) is 18.3 Å². The number of piperidine rings is 1. The molecule has 0 saturated carbocycles. The summed E-state index contributed by atoms with van der Waals surface area (Å²) in [5.74, 6) is 0.0724. The monoisotopic (exact) mass is 311 g/mol. The van der Waals surface area contributed by atoms with E-state index >= 15 is 0 Å². The van der Waals surface area contributed by atoms with E-state index in [0.29, 0.717) is 19.1 Å². The molecule has 118 valence electrons. The number of rotatable bonds is 5. The van der Waals surface area contributed by atoms with Crippen molar-refractivity contribution < 1.29 is 4.79 Å². The summed E-state index contributed by atoms with van der Waals surface area (Å²) in [6, 6.07) is 8.35. The second-order valence-corrected chi connectivity index (χ2v) is 5.56. The molecule has 1 aliphatic rings. The first-order chi connectivity index (χ1) is 9.70. The Hall–Kier alpha value is -1.10. The van der Waals surface area contributed by atoms with Crippen LogP contribution in [0.1, 0.15) is 31.2 Å². The maximum Gasteiger partial charge on any atom is 0.238 e. The number of nitrogens with zero attached hydrogens (tertiary/aromatic N) is 1. The standard InChI is InChI=1S/C16H25N3O.ClH/c1-13-6-2-3-8-15(13)18-16(20)12-19-11-5-4-7-14(19)9-10-17;/h2-3,6,8,14H,4-5,7,9-12,17H2,1H3,(H,18,20);1H. The van der Waals surface area contributed by atoms with Crippen LogP contribution in [0.15, 0.2) is 24.3 Å². The highest BCUT2D eigenvalue weighted by Crippen LogP contribution is 2.19. The third-order valence-corrected chi connectivity index (χ3v) is 4.01. The Morgan fingerprint density at radius 2 is 2.14 bits per heavy atom. The zero-order chi connectivity index (χ0) is 14.4. The van der Waals surface area contributed by atoms with Gasteiger partial charge in [-0.2, -0.15) is 0 Å². The average Bonchev–Trinajstić information content (AvgIpc) is 2.44. The van der Waals surface area contributed by atoms with Crippen molar-refractivity contribution in [2.24, 2.45) is 5.73 Å². The van der Waals surface area contributed by atoms with Crippen molar-refractivity contribution in [2.45, 2.75) is 38.6 Å². The first-order valence-electron chi connectivity index (χ1n) is 7.50. The molecule has 1 heterocycles. The molecule has 3 N–H and O–H groups in total. The lowest BCUT2D eigenvalue weighted by Gasteiger charge is -2.35. The average molecular weight is 312 g/mol. The summed E-state index contributed by atoms with van der Waals surface area (Å²) in [7, 11) is 0. The second-order valence-electron chi connectivity index (χ2n) is 5.56. The quantitative estimate of drug-likeness (QED) is 0.878. The smallest absolute Gasteiger partial charge is 0.238 e. The first kappa shape index (κ1) is 18.0. The van der Waals surface area contributed by atoms with E-state index in [1.54, 1.807) is 0 Å². The molecule has 0 aliphatic carbocycles. The van der Waals surface area contributed by atoms with Crippen LogP contribution in [-0.4, -0.2) is 36.5 Å². The van der Waals surface area contributed by atoms with E-state index in [0.717, 1.165) is 30.6 Å². The first-order valence-corrected chi connectivity index (χ1v) is 7.50. The molecule has 0 spiro atoms. The zero-order valence-corrected chi connectivity index (χ0v) is 13.5. The van der Waals surface area contributed by atoms with Gasteiger partial charge in [-0.3, -0.25) is 9.69 Å². The fourth-order valence-corrected chi connectivity index (χ4v) is 2.87. The van der Waals surface area contributed by atoms with Gasteiger partial charge in [-0.25, -0.2) is 0 Å². The number of benzene rings is 1. The summed E-state index contributed by atoms with van der Waals surface area (Å²) < 4.78 is 0. The third kappa shape index (κ3) is 5.30. The predicted molar refractivity (Wildman–Crippen MR) is 89.9 cm³/mol. The van der Waals surface area contributed by atoms with Gasteiger partial charge in [0.25, 0.3) is 0 Å². The van der Waals surface area contributed by atoms with E-state index in [9.17, 15) is 4.79 Å². The normalized spacial score (nSPS) is 18.9. The van der Waals surface area contributed by atoms with Gasteiger partial charge in [0.1, 0.15) is 0 Å². The predicted octanol–water partition coefficient (Wildman–Crippen LogP) is 2.56. The lowest BCUT2D eigenvalue weighted by molar-refractivity contribution is -0.118. The fourth-order valence-electron chi connectivity index (χ4n) is 2.87. The number of likely N-dealkylation sites (tertiary alicyclic amines) is 1. The molecule has 5 heteroatoms. The maximum absolute atomic E-state index is 12.2. The number of anilines is 1. The van der Waals surface area contributed by atoms with Gasteiger partial charge in [0.2, 0.25) is 5.91 Å². The van der Waals surface area contributed by atoms with E-state index in [1.165, 1.54) is 12.8 Å². The lowest BCUT2D eigenvalue weighted by atomic mass is 9.99. The Morgan fingerprint density at radius 3 is 2.86 bits per heavy atom. The highest BCUT2D eigenvalue weighted by Gasteiger charge is 2.23. The molecule has 1 fully saturated rings. The molecular weight excluding hydrogens is 286 g/mol. The summed E-state index contributed by atoms with van der Waals surface area (Å²) >= 11 is 0. The van der Waals surface area contributed by atoms with Crippen LogP contribution in [0.25, 0.3) is 0 Å². The molecule has 1 atom stereocenters. The van der Waals surface area contributed by atoms with Crippen LogP contribution in [0.3, 0.4) is 0 Å². The van der Waals surface area contributed by atoms with Gasteiger partial charge in [-0.15, -0.1) is 12.4 Å². The number of hydrogen-bond acceptors (Lipinski definition) is 3. The van der Waals surface area contributed by atoms with Crippen LogP contribution >= 0.6 is 12.4 Å². The molecule has 0 aromatic heterocycles. The van der Waals surface area contributed by atoms with Crippen molar-refractivity contribution in [3.63, 3.8) is 0 Å². The minimum absolute atomic E-state index is 0. The molecule has 1 unspecified atom stereocenters. The molecule has 1 aromatic carbocycles. The number of nitrogens with one attached hydrogen (secondary N) is 1.